The van der Waals surface area contributed by atoms with Crippen molar-refractivity contribution in [3.05, 3.63) is 21.9 Å². The molecule has 0 radical (unpaired) electrons. The molecule has 2 bridgehead atoms. The van der Waals surface area contributed by atoms with Crippen LogP contribution in [0.5, 0.6) is 0 Å². The Labute approximate surface area is 96.6 Å². The third-order valence-electron chi connectivity index (χ3n) is 2.79. The number of hydrogen-bond donors (Lipinski definition) is 0. The second kappa shape index (κ2) is 3.34. The van der Waals surface area contributed by atoms with Gasteiger partial charge < -0.3 is 9.64 Å². The molecule has 3 aliphatic heterocycles. The van der Waals surface area contributed by atoms with Crippen molar-refractivity contribution < 1.29 is 4.74 Å². The molecule has 1 aromatic rings. The van der Waals surface area contributed by atoms with Gasteiger partial charge in [-0.25, -0.2) is 4.98 Å². The van der Waals surface area contributed by atoms with Gasteiger partial charge in [-0.2, -0.15) is 0 Å². The minimum Gasteiger partial charge on any atom is -0.371 e. The predicted molar refractivity (Wildman–Crippen MR) is 62.4 cm³/mol. The van der Waals surface area contributed by atoms with E-state index < -0.39 is 0 Å². The van der Waals surface area contributed by atoms with E-state index in [1.54, 1.807) is 0 Å². The monoisotopic (exact) mass is 302 g/mol. The minimum atomic E-state index is 0.452. The lowest BCUT2D eigenvalue weighted by molar-refractivity contribution is -0.133. The number of anilines is 1. The van der Waals surface area contributed by atoms with Crippen LogP contribution in [0.3, 0.4) is 0 Å². The molecule has 0 saturated carbocycles. The second-order valence-corrected chi connectivity index (χ2v) is 5.10. The van der Waals surface area contributed by atoms with E-state index in [0.717, 1.165) is 18.9 Å². The maximum Gasteiger partial charge on any atom is 0.129 e. The highest BCUT2D eigenvalue weighted by molar-refractivity contribution is 14.1. The highest BCUT2D eigenvalue weighted by Gasteiger charge is 2.38. The van der Waals surface area contributed by atoms with Crippen LogP contribution in [0.2, 0.25) is 0 Å². The van der Waals surface area contributed by atoms with Gasteiger partial charge in [0.2, 0.25) is 0 Å². The van der Waals surface area contributed by atoms with Crippen LogP contribution in [0, 0.1) is 3.57 Å². The Bertz CT molecular complexity index is 342. The molecule has 0 aliphatic carbocycles. The van der Waals surface area contributed by atoms with E-state index in [9.17, 15) is 0 Å². The normalized spacial score (nSPS) is 29.9. The topological polar surface area (TPSA) is 25.4 Å². The van der Waals surface area contributed by atoms with E-state index in [2.05, 4.69) is 38.5 Å². The summed E-state index contributed by atoms with van der Waals surface area (Å²) in [5.74, 6) is 1.09. The van der Waals surface area contributed by atoms with Crippen molar-refractivity contribution in [1.82, 2.24) is 4.98 Å². The van der Waals surface area contributed by atoms with E-state index in [-0.39, 0.29) is 0 Å². The Kier molecular flexibility index (Phi) is 2.13. The van der Waals surface area contributed by atoms with E-state index in [1.165, 1.54) is 9.99 Å². The van der Waals surface area contributed by atoms with E-state index >= 15 is 0 Å². The van der Waals surface area contributed by atoms with Crippen LogP contribution in [0.25, 0.3) is 0 Å². The fourth-order valence-corrected chi connectivity index (χ4v) is 2.55. The standard InChI is InChI=1S/C10H11IN2O/c11-7-1-2-12-10(3-7)13-5-8-4-9(6-13)14-8/h1-3,8-9H,4-6H2. The molecule has 74 valence electrons. The molecular formula is C10H11IN2O. The molecule has 0 spiro atoms. The van der Waals surface area contributed by atoms with Crippen molar-refractivity contribution in [3.8, 4) is 0 Å². The number of piperidine rings is 1. The highest BCUT2D eigenvalue weighted by atomic mass is 127. The first-order valence-electron chi connectivity index (χ1n) is 4.83. The number of ether oxygens (including phenoxy) is 1. The number of pyridine rings is 1. The second-order valence-electron chi connectivity index (χ2n) is 3.85. The van der Waals surface area contributed by atoms with Crippen LogP contribution in [-0.4, -0.2) is 30.3 Å². The van der Waals surface area contributed by atoms with Gasteiger partial charge in [-0.15, -0.1) is 0 Å². The molecule has 0 N–H and O–H groups in total. The number of rotatable bonds is 1. The first-order chi connectivity index (χ1) is 6.81. The van der Waals surface area contributed by atoms with Crippen LogP contribution >= 0.6 is 22.6 Å². The molecular weight excluding hydrogens is 291 g/mol. The van der Waals surface area contributed by atoms with E-state index in [4.69, 9.17) is 4.74 Å². The van der Waals surface area contributed by atoms with Crippen molar-refractivity contribution in [1.29, 1.82) is 0 Å². The zero-order chi connectivity index (χ0) is 9.54. The van der Waals surface area contributed by atoms with Gasteiger partial charge in [-0.05, 0) is 34.7 Å². The molecule has 3 nitrogen and oxygen atoms in total. The van der Waals surface area contributed by atoms with Crippen molar-refractivity contribution in [2.45, 2.75) is 18.6 Å². The molecule has 2 unspecified atom stereocenters. The average Bonchev–Trinajstić information content (AvgIpc) is 2.17. The molecule has 2 atom stereocenters. The Balaban J connectivity index is 1.82. The molecule has 14 heavy (non-hydrogen) atoms. The lowest BCUT2D eigenvalue weighted by atomic mass is 9.99. The van der Waals surface area contributed by atoms with Crippen molar-refractivity contribution in [2.75, 3.05) is 18.0 Å². The minimum absolute atomic E-state index is 0.452. The summed E-state index contributed by atoms with van der Waals surface area (Å²) in [4.78, 5) is 6.71. The summed E-state index contributed by atoms with van der Waals surface area (Å²) in [5.41, 5.74) is 0. The fraction of sp³-hybridized carbons (Fsp3) is 0.500. The first-order valence-corrected chi connectivity index (χ1v) is 5.91. The molecule has 4 rings (SSSR count). The third kappa shape index (κ3) is 1.50. The Morgan fingerprint density at radius 1 is 1.43 bits per heavy atom. The average molecular weight is 302 g/mol. The fourth-order valence-electron chi connectivity index (χ4n) is 2.11. The molecule has 3 aliphatic rings. The zero-order valence-electron chi connectivity index (χ0n) is 7.69. The largest absolute Gasteiger partial charge is 0.371 e. The third-order valence-corrected chi connectivity index (χ3v) is 3.46. The van der Waals surface area contributed by atoms with Crippen molar-refractivity contribution in [3.63, 3.8) is 0 Å². The van der Waals surface area contributed by atoms with Crippen LogP contribution in [-0.2, 0) is 4.74 Å². The SMILES string of the molecule is Ic1ccnc(N2CC3CC(C2)O3)c1. The van der Waals surface area contributed by atoms with Gasteiger partial charge in [-0.1, -0.05) is 0 Å². The number of hydrogen-bond acceptors (Lipinski definition) is 3. The summed E-state index contributed by atoms with van der Waals surface area (Å²) in [7, 11) is 0. The van der Waals surface area contributed by atoms with Crippen LogP contribution < -0.4 is 4.90 Å². The van der Waals surface area contributed by atoms with Gasteiger partial charge in [0.1, 0.15) is 5.82 Å². The van der Waals surface area contributed by atoms with Gasteiger partial charge >= 0.3 is 0 Å². The number of halogens is 1. The van der Waals surface area contributed by atoms with Crippen molar-refractivity contribution >= 4 is 28.4 Å². The van der Waals surface area contributed by atoms with Gasteiger partial charge in [0.25, 0.3) is 0 Å². The summed E-state index contributed by atoms with van der Waals surface area (Å²) in [6, 6.07) is 4.15. The lowest BCUT2D eigenvalue weighted by Gasteiger charge is -2.47. The zero-order valence-corrected chi connectivity index (χ0v) is 9.85. The summed E-state index contributed by atoms with van der Waals surface area (Å²) in [6.45, 7) is 2.01. The molecule has 3 saturated heterocycles. The number of fused-ring (bicyclic) bond motifs is 2. The molecule has 4 heterocycles. The first kappa shape index (κ1) is 8.91. The Morgan fingerprint density at radius 3 is 2.79 bits per heavy atom. The van der Waals surface area contributed by atoms with Gasteiger partial charge in [0, 0.05) is 29.3 Å². The Morgan fingerprint density at radius 2 is 2.14 bits per heavy atom. The molecule has 3 fully saturated rings. The van der Waals surface area contributed by atoms with Gasteiger partial charge in [0.05, 0.1) is 12.2 Å². The number of aromatic nitrogens is 1. The summed E-state index contributed by atoms with van der Waals surface area (Å²) in [6.07, 6.45) is 4.01. The lowest BCUT2D eigenvalue weighted by Crippen LogP contribution is -2.57. The summed E-state index contributed by atoms with van der Waals surface area (Å²) >= 11 is 2.32. The molecule has 0 aromatic carbocycles. The molecule has 4 heteroatoms. The highest BCUT2D eigenvalue weighted by Crippen LogP contribution is 2.30. The van der Waals surface area contributed by atoms with E-state index in [0.29, 0.717) is 12.2 Å². The predicted octanol–water partition coefficient (Wildman–Crippen LogP) is 1.66. The van der Waals surface area contributed by atoms with Crippen molar-refractivity contribution in [2.24, 2.45) is 0 Å². The van der Waals surface area contributed by atoms with Crippen LogP contribution in [0.1, 0.15) is 6.42 Å². The van der Waals surface area contributed by atoms with Crippen LogP contribution in [0.4, 0.5) is 5.82 Å². The maximum atomic E-state index is 5.59. The van der Waals surface area contributed by atoms with Crippen LogP contribution in [0.15, 0.2) is 18.3 Å². The Hall–Kier alpha value is -0.360. The molecule has 0 amide bonds. The summed E-state index contributed by atoms with van der Waals surface area (Å²) < 4.78 is 6.83. The maximum absolute atomic E-state index is 5.59. The van der Waals surface area contributed by atoms with Gasteiger partial charge in [0.15, 0.2) is 0 Å². The van der Waals surface area contributed by atoms with Gasteiger partial charge in [-0.3, -0.25) is 0 Å². The summed E-state index contributed by atoms with van der Waals surface area (Å²) in [5, 5.41) is 0. The molecule has 1 aromatic heterocycles. The van der Waals surface area contributed by atoms with E-state index in [1.807, 2.05) is 12.3 Å². The number of morpholine rings is 1. The quantitative estimate of drug-likeness (QED) is 0.738. The number of nitrogens with zero attached hydrogens (tertiary/aromatic N) is 2. The smallest absolute Gasteiger partial charge is 0.129 e.